The van der Waals surface area contributed by atoms with Gasteiger partial charge in [-0.3, -0.25) is 9.59 Å². The van der Waals surface area contributed by atoms with Gasteiger partial charge >= 0.3 is 0 Å². The average Bonchev–Trinajstić information content (AvgIpc) is 2.89. The summed E-state index contributed by atoms with van der Waals surface area (Å²) in [5, 5.41) is 5.68. The highest BCUT2D eigenvalue weighted by Crippen LogP contribution is 2.26. The summed E-state index contributed by atoms with van der Waals surface area (Å²) in [5.41, 5.74) is 7.60. The van der Waals surface area contributed by atoms with Gasteiger partial charge in [-0.1, -0.05) is 0 Å². The molecule has 21 heavy (non-hydrogen) atoms. The molecule has 1 fully saturated rings. The van der Waals surface area contributed by atoms with Gasteiger partial charge in [0.25, 0.3) is 0 Å². The van der Waals surface area contributed by atoms with Crippen molar-refractivity contribution in [2.24, 2.45) is 5.92 Å². The predicted molar refractivity (Wildman–Crippen MR) is 83.1 cm³/mol. The molecule has 0 bridgehead atoms. The first-order chi connectivity index (χ1) is 9.82. The van der Waals surface area contributed by atoms with Gasteiger partial charge < -0.3 is 10.6 Å². The van der Waals surface area contributed by atoms with E-state index in [1.807, 2.05) is 0 Å². The quantitative estimate of drug-likeness (QED) is 0.893. The molecule has 0 radical (unpaired) electrons. The molecule has 114 valence electrons. The molecule has 1 atom stereocenters. The monoisotopic (exact) mass is 288 g/mol. The number of rotatable bonds is 3. The Bertz CT molecular complexity index is 576. The molecule has 2 rings (SSSR count). The second kappa shape index (κ2) is 5.88. The standard InChI is InChI=1S/C17H24N2O2/c1-9-10(2)12(4)15(13(5)11(9)3)8-19-17(21)14-6-16(20)18-7-14/h14H,6-8H2,1-5H3,(H,18,20)(H,19,21)/t14-/m1/s1. The van der Waals surface area contributed by atoms with Crippen LogP contribution in [0.1, 0.15) is 39.8 Å². The molecule has 1 heterocycles. The van der Waals surface area contributed by atoms with Crippen molar-refractivity contribution in [2.45, 2.75) is 47.6 Å². The maximum absolute atomic E-state index is 12.1. The number of benzene rings is 1. The third-order valence-electron chi connectivity index (χ3n) is 4.94. The van der Waals surface area contributed by atoms with Crippen LogP contribution in [-0.2, 0) is 16.1 Å². The smallest absolute Gasteiger partial charge is 0.225 e. The van der Waals surface area contributed by atoms with Gasteiger partial charge in [-0.15, -0.1) is 0 Å². The highest BCUT2D eigenvalue weighted by atomic mass is 16.2. The van der Waals surface area contributed by atoms with Gasteiger partial charge in [-0.05, 0) is 68.0 Å². The normalized spacial score (nSPS) is 17.8. The SMILES string of the molecule is Cc1c(C)c(C)c(CNC(=O)[C@H]2CNC(=O)C2)c(C)c1C. The van der Waals surface area contributed by atoms with Crippen molar-refractivity contribution in [3.8, 4) is 0 Å². The molecule has 0 saturated carbocycles. The third kappa shape index (κ3) is 2.94. The Kier molecular flexibility index (Phi) is 4.35. The summed E-state index contributed by atoms with van der Waals surface area (Å²) in [4.78, 5) is 23.3. The van der Waals surface area contributed by atoms with E-state index in [1.165, 1.54) is 33.4 Å². The van der Waals surface area contributed by atoms with Crippen LogP contribution in [0.4, 0.5) is 0 Å². The van der Waals surface area contributed by atoms with Gasteiger partial charge in [0.15, 0.2) is 0 Å². The molecular formula is C17H24N2O2. The summed E-state index contributed by atoms with van der Waals surface area (Å²) < 4.78 is 0. The van der Waals surface area contributed by atoms with E-state index < -0.39 is 0 Å². The lowest BCUT2D eigenvalue weighted by atomic mass is 9.89. The second-order valence-corrected chi connectivity index (χ2v) is 6.03. The molecule has 2 N–H and O–H groups in total. The lowest BCUT2D eigenvalue weighted by Gasteiger charge is -2.19. The summed E-state index contributed by atoms with van der Waals surface area (Å²) in [7, 11) is 0. The van der Waals surface area contributed by atoms with E-state index in [1.54, 1.807) is 0 Å². The Morgan fingerprint density at radius 3 is 2.05 bits per heavy atom. The molecule has 1 aliphatic heterocycles. The van der Waals surface area contributed by atoms with Crippen LogP contribution in [0.25, 0.3) is 0 Å². The molecule has 4 heteroatoms. The Morgan fingerprint density at radius 2 is 1.57 bits per heavy atom. The lowest BCUT2D eigenvalue weighted by molar-refractivity contribution is -0.126. The fraction of sp³-hybridized carbons (Fsp3) is 0.529. The maximum atomic E-state index is 12.1. The van der Waals surface area contributed by atoms with Crippen molar-refractivity contribution < 1.29 is 9.59 Å². The Hall–Kier alpha value is -1.84. The van der Waals surface area contributed by atoms with E-state index in [4.69, 9.17) is 0 Å². The summed E-state index contributed by atoms with van der Waals surface area (Å²) >= 11 is 0. The van der Waals surface area contributed by atoms with Crippen molar-refractivity contribution in [1.82, 2.24) is 10.6 Å². The molecule has 1 aromatic carbocycles. The fourth-order valence-electron chi connectivity index (χ4n) is 2.95. The van der Waals surface area contributed by atoms with Crippen molar-refractivity contribution in [2.75, 3.05) is 6.54 Å². The first-order valence-corrected chi connectivity index (χ1v) is 7.43. The van der Waals surface area contributed by atoms with Gasteiger partial charge in [0, 0.05) is 19.5 Å². The fourth-order valence-corrected chi connectivity index (χ4v) is 2.95. The maximum Gasteiger partial charge on any atom is 0.225 e. The zero-order valence-electron chi connectivity index (χ0n) is 13.5. The average molecular weight is 288 g/mol. The van der Waals surface area contributed by atoms with Crippen LogP contribution in [0.3, 0.4) is 0 Å². The van der Waals surface area contributed by atoms with E-state index in [0.717, 1.165) is 0 Å². The van der Waals surface area contributed by atoms with Crippen LogP contribution in [0.2, 0.25) is 0 Å². The van der Waals surface area contributed by atoms with Crippen molar-refractivity contribution in [1.29, 1.82) is 0 Å². The molecule has 2 amide bonds. The van der Waals surface area contributed by atoms with E-state index in [2.05, 4.69) is 45.3 Å². The number of nitrogens with one attached hydrogen (secondary N) is 2. The Balaban J connectivity index is 2.14. The Morgan fingerprint density at radius 1 is 1.05 bits per heavy atom. The molecular weight excluding hydrogens is 264 g/mol. The zero-order chi connectivity index (χ0) is 15.7. The van der Waals surface area contributed by atoms with Crippen LogP contribution in [0.5, 0.6) is 0 Å². The number of carbonyl (C=O) groups is 2. The van der Waals surface area contributed by atoms with Crippen molar-refractivity contribution in [3.63, 3.8) is 0 Å². The molecule has 0 aromatic heterocycles. The predicted octanol–water partition coefficient (Wildman–Crippen LogP) is 1.98. The molecule has 0 aliphatic carbocycles. The first kappa shape index (κ1) is 15.5. The van der Waals surface area contributed by atoms with Crippen LogP contribution >= 0.6 is 0 Å². The van der Waals surface area contributed by atoms with Crippen molar-refractivity contribution in [3.05, 3.63) is 33.4 Å². The van der Waals surface area contributed by atoms with Crippen LogP contribution in [-0.4, -0.2) is 18.4 Å². The molecule has 1 aliphatic rings. The second-order valence-electron chi connectivity index (χ2n) is 6.03. The number of hydrogen-bond donors (Lipinski definition) is 2. The third-order valence-corrected chi connectivity index (χ3v) is 4.94. The van der Waals surface area contributed by atoms with E-state index >= 15 is 0 Å². The minimum absolute atomic E-state index is 0.0375. The zero-order valence-corrected chi connectivity index (χ0v) is 13.5. The van der Waals surface area contributed by atoms with Gasteiger partial charge in [0.05, 0.1) is 5.92 Å². The summed E-state index contributed by atoms with van der Waals surface area (Å²) in [6.07, 6.45) is 0.301. The molecule has 0 unspecified atom stereocenters. The number of carbonyl (C=O) groups excluding carboxylic acids is 2. The molecule has 4 nitrogen and oxygen atoms in total. The number of hydrogen-bond acceptors (Lipinski definition) is 2. The van der Waals surface area contributed by atoms with Gasteiger partial charge in [0.1, 0.15) is 0 Å². The minimum atomic E-state index is -0.231. The van der Waals surface area contributed by atoms with Gasteiger partial charge in [-0.25, -0.2) is 0 Å². The minimum Gasteiger partial charge on any atom is -0.355 e. The molecule has 1 aromatic rings. The first-order valence-electron chi connectivity index (χ1n) is 7.43. The summed E-state index contributed by atoms with van der Waals surface area (Å²) in [6, 6.07) is 0. The highest BCUT2D eigenvalue weighted by Gasteiger charge is 2.27. The van der Waals surface area contributed by atoms with Gasteiger partial charge in [-0.2, -0.15) is 0 Å². The summed E-state index contributed by atoms with van der Waals surface area (Å²) in [6.45, 7) is 11.6. The summed E-state index contributed by atoms with van der Waals surface area (Å²) in [5.74, 6) is -0.307. The lowest BCUT2D eigenvalue weighted by Crippen LogP contribution is -2.32. The van der Waals surface area contributed by atoms with E-state index in [-0.39, 0.29) is 17.7 Å². The molecule has 1 saturated heterocycles. The van der Waals surface area contributed by atoms with Crippen molar-refractivity contribution >= 4 is 11.8 Å². The van der Waals surface area contributed by atoms with E-state index in [9.17, 15) is 9.59 Å². The van der Waals surface area contributed by atoms with Crippen LogP contribution in [0, 0.1) is 40.5 Å². The van der Waals surface area contributed by atoms with Crippen LogP contribution < -0.4 is 10.6 Å². The largest absolute Gasteiger partial charge is 0.355 e. The van der Waals surface area contributed by atoms with E-state index in [0.29, 0.717) is 19.5 Å². The van der Waals surface area contributed by atoms with Gasteiger partial charge in [0.2, 0.25) is 11.8 Å². The Labute approximate surface area is 126 Å². The highest BCUT2D eigenvalue weighted by molar-refractivity contribution is 5.89. The van der Waals surface area contributed by atoms with Crippen LogP contribution in [0.15, 0.2) is 0 Å². The molecule has 0 spiro atoms. The topological polar surface area (TPSA) is 58.2 Å². The number of amides is 2.